The Morgan fingerprint density at radius 1 is 1.05 bits per heavy atom. The van der Waals surface area contributed by atoms with E-state index in [2.05, 4.69) is 27.5 Å². The summed E-state index contributed by atoms with van der Waals surface area (Å²) >= 11 is 0. The lowest BCUT2D eigenvalue weighted by molar-refractivity contribution is 0.793. The molecule has 0 radical (unpaired) electrons. The summed E-state index contributed by atoms with van der Waals surface area (Å²) in [7, 11) is 0. The standard InChI is InChI=1S/C15H15N5/c1-12(13-6-4-5-9-16-13)18-14-7-2-3-8-15(14)20-11-10-17-19-20/h2-12,18H,1H3. The molecule has 100 valence electrons. The fourth-order valence-corrected chi connectivity index (χ4v) is 2.07. The topological polar surface area (TPSA) is 55.6 Å². The summed E-state index contributed by atoms with van der Waals surface area (Å²) in [5.41, 5.74) is 2.96. The number of hydrogen-bond acceptors (Lipinski definition) is 4. The van der Waals surface area contributed by atoms with Crippen molar-refractivity contribution < 1.29 is 0 Å². The first-order chi connectivity index (χ1) is 9.84. The van der Waals surface area contributed by atoms with E-state index in [4.69, 9.17) is 0 Å². The van der Waals surface area contributed by atoms with Crippen molar-refractivity contribution in [3.8, 4) is 5.69 Å². The predicted molar refractivity (Wildman–Crippen MR) is 77.6 cm³/mol. The second-order valence-corrected chi connectivity index (χ2v) is 4.49. The van der Waals surface area contributed by atoms with Crippen LogP contribution >= 0.6 is 0 Å². The Kier molecular flexibility index (Phi) is 3.41. The molecule has 2 heterocycles. The summed E-state index contributed by atoms with van der Waals surface area (Å²) in [5.74, 6) is 0. The minimum atomic E-state index is 0.112. The van der Waals surface area contributed by atoms with Crippen LogP contribution in [0.15, 0.2) is 61.1 Å². The maximum absolute atomic E-state index is 4.37. The SMILES string of the molecule is CC(Nc1ccccc1-n1ccnn1)c1ccccn1. The Morgan fingerprint density at radius 2 is 1.90 bits per heavy atom. The third-order valence-corrected chi connectivity index (χ3v) is 3.08. The summed E-state index contributed by atoms with van der Waals surface area (Å²) in [6, 6.07) is 14.0. The van der Waals surface area contributed by atoms with Gasteiger partial charge in [0.15, 0.2) is 0 Å². The number of aromatic nitrogens is 4. The largest absolute Gasteiger partial charge is 0.375 e. The van der Waals surface area contributed by atoms with E-state index in [0.717, 1.165) is 17.1 Å². The quantitative estimate of drug-likeness (QED) is 0.788. The number of anilines is 1. The summed E-state index contributed by atoms with van der Waals surface area (Å²) in [6.45, 7) is 2.08. The van der Waals surface area contributed by atoms with Crippen LogP contribution in [0, 0.1) is 0 Å². The second-order valence-electron chi connectivity index (χ2n) is 4.49. The number of nitrogens with one attached hydrogen (secondary N) is 1. The zero-order chi connectivity index (χ0) is 13.8. The smallest absolute Gasteiger partial charge is 0.0894 e. The van der Waals surface area contributed by atoms with Crippen molar-refractivity contribution in [1.82, 2.24) is 20.0 Å². The zero-order valence-corrected chi connectivity index (χ0v) is 11.1. The Labute approximate surface area is 117 Å². The van der Waals surface area contributed by atoms with Crippen molar-refractivity contribution in [2.24, 2.45) is 0 Å². The molecular weight excluding hydrogens is 250 g/mol. The van der Waals surface area contributed by atoms with Crippen molar-refractivity contribution >= 4 is 5.69 Å². The Bertz CT molecular complexity index is 664. The fourth-order valence-electron chi connectivity index (χ4n) is 2.07. The van der Waals surface area contributed by atoms with E-state index in [1.807, 2.05) is 48.7 Å². The molecule has 2 aromatic heterocycles. The fraction of sp³-hybridized carbons (Fsp3) is 0.133. The lowest BCUT2D eigenvalue weighted by Gasteiger charge is -2.17. The van der Waals surface area contributed by atoms with Gasteiger partial charge >= 0.3 is 0 Å². The summed E-state index contributed by atoms with van der Waals surface area (Å²) in [6.07, 6.45) is 5.29. The predicted octanol–water partition coefficient (Wildman–Crippen LogP) is 2.84. The van der Waals surface area contributed by atoms with Crippen LogP contribution in [0.1, 0.15) is 18.7 Å². The van der Waals surface area contributed by atoms with E-state index in [0.29, 0.717) is 0 Å². The molecule has 5 heteroatoms. The van der Waals surface area contributed by atoms with E-state index >= 15 is 0 Å². The third-order valence-electron chi connectivity index (χ3n) is 3.08. The normalized spacial score (nSPS) is 12.1. The average Bonchev–Trinajstić information content (AvgIpc) is 3.03. The highest BCUT2D eigenvalue weighted by Crippen LogP contribution is 2.23. The van der Waals surface area contributed by atoms with Crippen LogP contribution in [0.2, 0.25) is 0 Å². The molecule has 3 aromatic rings. The Balaban J connectivity index is 1.88. The van der Waals surface area contributed by atoms with Gasteiger partial charge < -0.3 is 5.32 Å². The van der Waals surface area contributed by atoms with E-state index in [-0.39, 0.29) is 6.04 Å². The van der Waals surface area contributed by atoms with Gasteiger partial charge in [-0.05, 0) is 31.2 Å². The number of benzene rings is 1. The third kappa shape index (κ3) is 2.51. The molecule has 0 saturated heterocycles. The molecule has 3 rings (SSSR count). The highest BCUT2D eigenvalue weighted by molar-refractivity contribution is 5.61. The van der Waals surface area contributed by atoms with Crippen molar-refractivity contribution in [3.63, 3.8) is 0 Å². The van der Waals surface area contributed by atoms with Crippen molar-refractivity contribution in [2.75, 3.05) is 5.32 Å². The number of nitrogens with zero attached hydrogens (tertiary/aromatic N) is 4. The first-order valence-electron chi connectivity index (χ1n) is 6.48. The zero-order valence-electron chi connectivity index (χ0n) is 11.1. The lowest BCUT2D eigenvalue weighted by atomic mass is 10.2. The monoisotopic (exact) mass is 265 g/mol. The van der Waals surface area contributed by atoms with Crippen molar-refractivity contribution in [3.05, 3.63) is 66.7 Å². The van der Waals surface area contributed by atoms with E-state index in [1.165, 1.54) is 0 Å². The lowest BCUT2D eigenvalue weighted by Crippen LogP contribution is -2.10. The molecule has 1 N–H and O–H groups in total. The summed E-state index contributed by atoms with van der Waals surface area (Å²) in [4.78, 5) is 4.37. The van der Waals surface area contributed by atoms with Gasteiger partial charge in [0, 0.05) is 6.20 Å². The summed E-state index contributed by atoms with van der Waals surface area (Å²) in [5, 5.41) is 11.4. The molecule has 20 heavy (non-hydrogen) atoms. The highest BCUT2D eigenvalue weighted by atomic mass is 15.4. The molecule has 0 aliphatic carbocycles. The van der Waals surface area contributed by atoms with Gasteiger partial charge in [0.2, 0.25) is 0 Å². The molecule has 0 fully saturated rings. The number of rotatable bonds is 4. The molecule has 0 spiro atoms. The maximum atomic E-state index is 4.37. The first kappa shape index (κ1) is 12.3. The first-order valence-corrected chi connectivity index (χ1v) is 6.48. The molecule has 0 bridgehead atoms. The van der Waals surface area contributed by atoms with Crippen LogP contribution in [0.5, 0.6) is 0 Å². The Hall–Kier alpha value is -2.69. The van der Waals surface area contributed by atoms with Crippen LogP contribution in [0.3, 0.4) is 0 Å². The molecule has 5 nitrogen and oxygen atoms in total. The molecule has 1 atom stereocenters. The van der Waals surface area contributed by atoms with Crippen LogP contribution < -0.4 is 5.32 Å². The van der Waals surface area contributed by atoms with Crippen LogP contribution in [0.4, 0.5) is 5.69 Å². The molecule has 1 aromatic carbocycles. The van der Waals surface area contributed by atoms with Gasteiger partial charge in [0.25, 0.3) is 0 Å². The second kappa shape index (κ2) is 5.52. The van der Waals surface area contributed by atoms with Crippen molar-refractivity contribution in [2.45, 2.75) is 13.0 Å². The van der Waals surface area contributed by atoms with E-state index < -0.39 is 0 Å². The number of pyridine rings is 1. The van der Waals surface area contributed by atoms with Gasteiger partial charge in [0.05, 0.1) is 35.5 Å². The van der Waals surface area contributed by atoms with Gasteiger partial charge in [-0.15, -0.1) is 5.10 Å². The number of hydrogen-bond donors (Lipinski definition) is 1. The number of para-hydroxylation sites is 2. The molecular formula is C15H15N5. The van der Waals surface area contributed by atoms with Crippen LogP contribution in [0.25, 0.3) is 5.69 Å². The van der Waals surface area contributed by atoms with E-state index in [1.54, 1.807) is 17.1 Å². The summed E-state index contributed by atoms with van der Waals surface area (Å²) < 4.78 is 1.74. The minimum absolute atomic E-state index is 0.112. The Morgan fingerprint density at radius 3 is 2.65 bits per heavy atom. The van der Waals surface area contributed by atoms with Gasteiger partial charge in [-0.1, -0.05) is 23.4 Å². The van der Waals surface area contributed by atoms with Crippen molar-refractivity contribution in [1.29, 1.82) is 0 Å². The highest BCUT2D eigenvalue weighted by Gasteiger charge is 2.10. The minimum Gasteiger partial charge on any atom is -0.375 e. The average molecular weight is 265 g/mol. The molecule has 0 aliphatic rings. The van der Waals surface area contributed by atoms with Crippen LogP contribution in [-0.4, -0.2) is 20.0 Å². The van der Waals surface area contributed by atoms with Gasteiger partial charge in [-0.25, -0.2) is 4.68 Å². The molecule has 0 amide bonds. The van der Waals surface area contributed by atoms with Crippen LogP contribution in [-0.2, 0) is 0 Å². The van der Waals surface area contributed by atoms with E-state index in [9.17, 15) is 0 Å². The molecule has 1 unspecified atom stereocenters. The van der Waals surface area contributed by atoms with Gasteiger partial charge in [-0.3, -0.25) is 4.98 Å². The maximum Gasteiger partial charge on any atom is 0.0894 e. The van der Waals surface area contributed by atoms with Gasteiger partial charge in [0.1, 0.15) is 0 Å². The molecule has 0 saturated carbocycles. The molecule has 0 aliphatic heterocycles. The van der Waals surface area contributed by atoms with Gasteiger partial charge in [-0.2, -0.15) is 0 Å².